The highest BCUT2D eigenvalue weighted by Gasteiger charge is 2.28. The molecule has 1 aliphatic rings. The maximum atomic E-state index is 12.8. The first-order valence-electron chi connectivity index (χ1n) is 8.67. The van der Waals surface area contributed by atoms with Crippen LogP contribution in [0.25, 0.3) is 5.65 Å². The van der Waals surface area contributed by atoms with Crippen LogP contribution in [0.5, 0.6) is 0 Å². The fourth-order valence-corrected chi connectivity index (χ4v) is 3.44. The Hall–Kier alpha value is -2.90. The predicted molar refractivity (Wildman–Crippen MR) is 93.8 cm³/mol. The van der Waals surface area contributed by atoms with Crippen molar-refractivity contribution >= 4 is 23.4 Å². The number of pyridine rings is 1. The summed E-state index contributed by atoms with van der Waals surface area (Å²) in [5, 5.41) is 9.02. The lowest BCUT2D eigenvalue weighted by Crippen LogP contribution is -2.43. The van der Waals surface area contributed by atoms with Crippen molar-refractivity contribution in [2.45, 2.75) is 32.2 Å². The van der Waals surface area contributed by atoms with E-state index in [1.807, 2.05) is 24.4 Å². The quantitative estimate of drug-likeness (QED) is 0.888. The molecule has 8 heteroatoms. The number of carbonyl (C=O) groups is 3. The van der Waals surface area contributed by atoms with E-state index in [1.165, 1.54) is 11.8 Å². The molecule has 1 fully saturated rings. The highest BCUT2D eigenvalue weighted by Crippen LogP contribution is 2.19. The summed E-state index contributed by atoms with van der Waals surface area (Å²) >= 11 is 0. The standard InChI is InChI=1S/C18H22N4O4/c1-13(23)22(12-17(24)25)14-5-4-9-20(10-7-14)18(26)15-11-21-8-3-2-6-16(21)19-15/h2-3,6,8,11,14H,4-5,7,9-10,12H2,1H3,(H,24,25)/t14-/m0/s1. The van der Waals surface area contributed by atoms with Crippen LogP contribution >= 0.6 is 0 Å². The Morgan fingerprint density at radius 2 is 2.08 bits per heavy atom. The highest BCUT2D eigenvalue weighted by molar-refractivity contribution is 5.93. The van der Waals surface area contributed by atoms with Crippen LogP contribution in [0, 0.1) is 0 Å². The second kappa shape index (κ2) is 7.55. The smallest absolute Gasteiger partial charge is 0.323 e. The third kappa shape index (κ3) is 3.84. The molecule has 0 aliphatic carbocycles. The van der Waals surface area contributed by atoms with Crippen LogP contribution in [-0.2, 0) is 9.59 Å². The molecular weight excluding hydrogens is 336 g/mol. The number of rotatable bonds is 4. The molecular formula is C18H22N4O4. The number of imidazole rings is 1. The molecule has 26 heavy (non-hydrogen) atoms. The minimum atomic E-state index is -1.03. The zero-order chi connectivity index (χ0) is 18.7. The summed E-state index contributed by atoms with van der Waals surface area (Å²) in [4.78, 5) is 43.1. The van der Waals surface area contributed by atoms with Gasteiger partial charge in [0.25, 0.3) is 5.91 Å². The van der Waals surface area contributed by atoms with Gasteiger partial charge in [0.15, 0.2) is 0 Å². The monoisotopic (exact) mass is 358 g/mol. The Labute approximate surface area is 151 Å². The molecule has 1 aliphatic heterocycles. The number of nitrogens with zero attached hydrogens (tertiary/aromatic N) is 4. The number of aromatic nitrogens is 2. The van der Waals surface area contributed by atoms with Gasteiger partial charge in [-0.15, -0.1) is 0 Å². The number of fused-ring (bicyclic) bond motifs is 1. The van der Waals surface area contributed by atoms with Crippen molar-refractivity contribution in [1.82, 2.24) is 19.2 Å². The van der Waals surface area contributed by atoms with Gasteiger partial charge in [0.05, 0.1) is 0 Å². The topological polar surface area (TPSA) is 95.2 Å². The number of aliphatic carboxylic acids is 1. The first-order chi connectivity index (χ1) is 12.5. The van der Waals surface area contributed by atoms with Crippen molar-refractivity contribution < 1.29 is 19.5 Å². The maximum Gasteiger partial charge on any atom is 0.323 e. The molecule has 138 valence electrons. The van der Waals surface area contributed by atoms with Gasteiger partial charge >= 0.3 is 5.97 Å². The van der Waals surface area contributed by atoms with Gasteiger partial charge in [-0.1, -0.05) is 6.07 Å². The SMILES string of the molecule is CC(=O)N(CC(=O)O)[C@H]1CCCN(C(=O)c2cn3ccccc3n2)CC1. The van der Waals surface area contributed by atoms with Gasteiger partial charge in [-0.2, -0.15) is 0 Å². The lowest BCUT2D eigenvalue weighted by molar-refractivity contribution is -0.145. The van der Waals surface area contributed by atoms with E-state index in [0.717, 1.165) is 0 Å². The van der Waals surface area contributed by atoms with E-state index in [9.17, 15) is 14.4 Å². The van der Waals surface area contributed by atoms with E-state index in [-0.39, 0.29) is 24.4 Å². The average molecular weight is 358 g/mol. The summed E-state index contributed by atoms with van der Waals surface area (Å²) in [7, 11) is 0. The summed E-state index contributed by atoms with van der Waals surface area (Å²) in [6.07, 6.45) is 5.52. The van der Waals surface area contributed by atoms with Crippen LogP contribution in [0.15, 0.2) is 30.6 Å². The number of hydrogen-bond donors (Lipinski definition) is 1. The molecule has 1 saturated heterocycles. The van der Waals surface area contributed by atoms with Crippen molar-refractivity contribution in [2.24, 2.45) is 0 Å². The van der Waals surface area contributed by atoms with Gasteiger partial charge in [-0.25, -0.2) is 4.98 Å². The molecule has 1 N–H and O–H groups in total. The highest BCUT2D eigenvalue weighted by atomic mass is 16.4. The summed E-state index contributed by atoms with van der Waals surface area (Å²) < 4.78 is 1.80. The Balaban J connectivity index is 1.70. The van der Waals surface area contributed by atoms with Crippen molar-refractivity contribution in [3.8, 4) is 0 Å². The Bertz CT molecular complexity index is 798. The lowest BCUT2D eigenvalue weighted by atomic mass is 10.1. The third-order valence-corrected chi connectivity index (χ3v) is 4.72. The Morgan fingerprint density at radius 3 is 2.77 bits per heavy atom. The third-order valence-electron chi connectivity index (χ3n) is 4.72. The molecule has 3 heterocycles. The van der Waals surface area contributed by atoms with Crippen molar-refractivity contribution in [3.05, 3.63) is 36.3 Å². The van der Waals surface area contributed by atoms with Crippen LogP contribution < -0.4 is 0 Å². The van der Waals surface area contributed by atoms with E-state index in [1.54, 1.807) is 15.5 Å². The molecule has 2 amide bonds. The van der Waals surface area contributed by atoms with Gasteiger partial charge in [-0.3, -0.25) is 14.4 Å². The normalized spacial score (nSPS) is 17.7. The first-order valence-corrected chi connectivity index (χ1v) is 8.67. The molecule has 0 spiro atoms. The first kappa shape index (κ1) is 17.9. The Kier molecular flexibility index (Phi) is 5.20. The van der Waals surface area contributed by atoms with Gasteiger partial charge < -0.3 is 19.3 Å². The van der Waals surface area contributed by atoms with Gasteiger partial charge in [-0.05, 0) is 31.4 Å². The summed E-state index contributed by atoms with van der Waals surface area (Å²) in [5.41, 5.74) is 1.11. The zero-order valence-electron chi connectivity index (χ0n) is 14.7. The largest absolute Gasteiger partial charge is 0.480 e. The Morgan fingerprint density at radius 1 is 1.27 bits per heavy atom. The van der Waals surface area contributed by atoms with Gasteiger partial charge in [0, 0.05) is 38.4 Å². The molecule has 2 aromatic rings. The lowest BCUT2D eigenvalue weighted by Gasteiger charge is -2.28. The van der Waals surface area contributed by atoms with E-state index in [0.29, 0.717) is 43.7 Å². The second-order valence-corrected chi connectivity index (χ2v) is 6.51. The summed E-state index contributed by atoms with van der Waals surface area (Å²) in [6.45, 7) is 2.12. The minimum absolute atomic E-state index is 0.137. The number of carboxylic acids is 1. The predicted octanol–water partition coefficient (Wildman–Crippen LogP) is 1.26. The molecule has 0 unspecified atom stereocenters. The summed E-state index contributed by atoms with van der Waals surface area (Å²) in [5.74, 6) is -1.42. The summed E-state index contributed by atoms with van der Waals surface area (Å²) in [6, 6.07) is 5.42. The van der Waals surface area contributed by atoms with E-state index < -0.39 is 5.97 Å². The molecule has 0 bridgehead atoms. The molecule has 0 radical (unpaired) electrons. The molecule has 1 atom stereocenters. The minimum Gasteiger partial charge on any atom is -0.480 e. The van der Waals surface area contributed by atoms with E-state index in [4.69, 9.17) is 5.11 Å². The maximum absolute atomic E-state index is 12.8. The number of carboxylic acid groups (broad SMARTS) is 1. The van der Waals surface area contributed by atoms with Crippen LogP contribution in [0.4, 0.5) is 0 Å². The van der Waals surface area contributed by atoms with E-state index in [2.05, 4.69) is 4.98 Å². The number of likely N-dealkylation sites (tertiary alicyclic amines) is 1. The molecule has 2 aromatic heterocycles. The molecule has 3 rings (SSSR count). The molecule has 0 aromatic carbocycles. The van der Waals surface area contributed by atoms with E-state index >= 15 is 0 Å². The van der Waals surface area contributed by atoms with Crippen molar-refractivity contribution in [1.29, 1.82) is 0 Å². The number of hydrogen-bond acceptors (Lipinski definition) is 4. The van der Waals surface area contributed by atoms with Crippen LogP contribution in [0.1, 0.15) is 36.7 Å². The van der Waals surface area contributed by atoms with Crippen LogP contribution in [0.2, 0.25) is 0 Å². The fourth-order valence-electron chi connectivity index (χ4n) is 3.44. The second-order valence-electron chi connectivity index (χ2n) is 6.51. The van der Waals surface area contributed by atoms with Gasteiger partial charge in [0.1, 0.15) is 17.9 Å². The van der Waals surface area contributed by atoms with Crippen LogP contribution in [0.3, 0.4) is 0 Å². The van der Waals surface area contributed by atoms with Crippen LogP contribution in [-0.4, -0.2) is 67.8 Å². The van der Waals surface area contributed by atoms with Crippen molar-refractivity contribution in [3.63, 3.8) is 0 Å². The zero-order valence-corrected chi connectivity index (χ0v) is 14.7. The molecule has 0 saturated carbocycles. The molecule has 8 nitrogen and oxygen atoms in total. The van der Waals surface area contributed by atoms with Gasteiger partial charge in [0.2, 0.25) is 5.91 Å². The average Bonchev–Trinajstić information content (AvgIpc) is 2.89. The van der Waals surface area contributed by atoms with Crippen molar-refractivity contribution in [2.75, 3.05) is 19.6 Å². The number of amides is 2. The number of carbonyl (C=O) groups excluding carboxylic acids is 2. The fraction of sp³-hybridized carbons (Fsp3) is 0.444.